The Hall–Kier alpha value is -2.76. The number of aromatic nitrogens is 2. The second-order valence-electron chi connectivity index (χ2n) is 8.15. The molecule has 0 aliphatic carbocycles. The van der Waals surface area contributed by atoms with Crippen LogP contribution in [0, 0.1) is 19.8 Å². The van der Waals surface area contributed by atoms with Crippen molar-refractivity contribution in [2.45, 2.75) is 31.6 Å². The summed E-state index contributed by atoms with van der Waals surface area (Å²) >= 11 is 1.44. The minimum absolute atomic E-state index is 0.0249. The molecule has 2 aromatic heterocycles. The number of piperidine rings is 1. The van der Waals surface area contributed by atoms with E-state index in [0.29, 0.717) is 18.0 Å². The number of rotatable bonds is 5. The normalized spacial score (nSPS) is 15.8. The first-order valence-electron chi connectivity index (χ1n) is 10.2. The summed E-state index contributed by atoms with van der Waals surface area (Å²) in [6, 6.07) is 5.39. The Morgan fingerprint density at radius 1 is 1.19 bits per heavy atom. The average molecular weight is 476 g/mol. The summed E-state index contributed by atoms with van der Waals surface area (Å²) in [6.45, 7) is 4.46. The third kappa shape index (κ3) is 4.15. The zero-order chi connectivity index (χ0) is 23.2. The monoisotopic (exact) mass is 475 g/mol. The molecule has 0 unspecified atom stereocenters. The summed E-state index contributed by atoms with van der Waals surface area (Å²) in [5.41, 5.74) is 8.51. The number of aryl methyl sites for hydroxylation is 3. The van der Waals surface area contributed by atoms with Gasteiger partial charge < -0.3 is 15.6 Å². The van der Waals surface area contributed by atoms with Gasteiger partial charge in [-0.05, 0) is 49.9 Å². The third-order valence-electron chi connectivity index (χ3n) is 5.75. The first kappa shape index (κ1) is 22.4. The molecule has 2 amide bonds. The Kier molecular flexibility index (Phi) is 5.82. The van der Waals surface area contributed by atoms with Crippen LogP contribution in [0.4, 0.5) is 5.13 Å². The molecule has 170 valence electrons. The number of carbonyl (C=O) groups excluding carboxylic acids is 2. The lowest BCUT2D eigenvalue weighted by Crippen LogP contribution is -2.41. The standard InChI is InChI=1S/C21H25N5O4S2/c1-12-8-13(2)18-17(9-12)31-21(23-18)24-20(28)14-4-6-26(7-5-14)32(29,30)15-10-16(19(22)27)25(3)11-15/h8-11,14H,4-7H2,1-3H3,(H2,22,27)(H,23,24,28). The van der Waals surface area contributed by atoms with Crippen molar-refractivity contribution in [1.82, 2.24) is 13.9 Å². The fraction of sp³-hybridized carbons (Fsp3) is 0.381. The molecule has 0 atom stereocenters. The topological polar surface area (TPSA) is 127 Å². The maximum atomic E-state index is 13.0. The van der Waals surface area contributed by atoms with Gasteiger partial charge in [0.1, 0.15) is 10.6 Å². The van der Waals surface area contributed by atoms with Gasteiger partial charge in [-0.25, -0.2) is 13.4 Å². The molecule has 0 bridgehead atoms. The summed E-state index contributed by atoms with van der Waals surface area (Å²) in [4.78, 5) is 28.8. The van der Waals surface area contributed by atoms with Crippen molar-refractivity contribution in [3.05, 3.63) is 41.2 Å². The van der Waals surface area contributed by atoms with E-state index in [1.165, 1.54) is 32.5 Å². The third-order valence-corrected chi connectivity index (χ3v) is 8.54. The first-order chi connectivity index (χ1) is 15.1. The number of hydrogen-bond donors (Lipinski definition) is 2. The number of sulfonamides is 1. The predicted octanol–water partition coefficient (Wildman–Crippen LogP) is 2.39. The van der Waals surface area contributed by atoms with Crippen LogP contribution in [0.15, 0.2) is 29.3 Å². The van der Waals surface area contributed by atoms with Gasteiger partial charge in [0, 0.05) is 32.3 Å². The smallest absolute Gasteiger partial charge is 0.265 e. The molecule has 1 aromatic carbocycles. The predicted molar refractivity (Wildman–Crippen MR) is 123 cm³/mol. The lowest BCUT2D eigenvalue weighted by molar-refractivity contribution is -0.120. The number of fused-ring (bicyclic) bond motifs is 1. The molecule has 1 fully saturated rings. The second-order valence-corrected chi connectivity index (χ2v) is 11.1. The molecule has 0 radical (unpaired) electrons. The fourth-order valence-electron chi connectivity index (χ4n) is 4.06. The highest BCUT2D eigenvalue weighted by Crippen LogP contribution is 2.31. The van der Waals surface area contributed by atoms with E-state index in [2.05, 4.69) is 16.4 Å². The van der Waals surface area contributed by atoms with Crippen LogP contribution >= 0.6 is 11.3 Å². The molecule has 9 nitrogen and oxygen atoms in total. The van der Waals surface area contributed by atoms with E-state index in [9.17, 15) is 18.0 Å². The van der Waals surface area contributed by atoms with Gasteiger partial charge in [-0.3, -0.25) is 9.59 Å². The van der Waals surface area contributed by atoms with E-state index >= 15 is 0 Å². The summed E-state index contributed by atoms with van der Waals surface area (Å²) < 4.78 is 29.7. The van der Waals surface area contributed by atoms with Crippen LogP contribution in [0.1, 0.15) is 34.5 Å². The largest absolute Gasteiger partial charge is 0.364 e. The van der Waals surface area contributed by atoms with Crippen molar-refractivity contribution in [3.63, 3.8) is 0 Å². The Balaban J connectivity index is 1.42. The van der Waals surface area contributed by atoms with Crippen molar-refractivity contribution in [1.29, 1.82) is 0 Å². The molecule has 1 aliphatic rings. The zero-order valence-corrected chi connectivity index (χ0v) is 19.7. The van der Waals surface area contributed by atoms with E-state index in [1.54, 1.807) is 7.05 Å². The van der Waals surface area contributed by atoms with Crippen molar-refractivity contribution < 1.29 is 18.0 Å². The molecule has 3 heterocycles. The van der Waals surface area contributed by atoms with Gasteiger partial charge in [-0.1, -0.05) is 17.4 Å². The van der Waals surface area contributed by atoms with Crippen molar-refractivity contribution in [2.24, 2.45) is 18.7 Å². The quantitative estimate of drug-likeness (QED) is 0.586. The van der Waals surface area contributed by atoms with E-state index in [4.69, 9.17) is 5.73 Å². The van der Waals surface area contributed by atoms with E-state index in [1.807, 2.05) is 19.9 Å². The number of hydrogen-bond acceptors (Lipinski definition) is 6. The number of anilines is 1. The number of amides is 2. The van der Waals surface area contributed by atoms with Gasteiger partial charge in [0.2, 0.25) is 15.9 Å². The fourth-order valence-corrected chi connectivity index (χ4v) is 6.65. The van der Waals surface area contributed by atoms with Crippen LogP contribution < -0.4 is 11.1 Å². The Bertz CT molecular complexity index is 1320. The van der Waals surface area contributed by atoms with Crippen molar-refractivity contribution in [2.75, 3.05) is 18.4 Å². The highest BCUT2D eigenvalue weighted by molar-refractivity contribution is 7.89. The average Bonchev–Trinajstić information content (AvgIpc) is 3.31. The molecule has 3 aromatic rings. The molecular weight excluding hydrogens is 450 g/mol. The van der Waals surface area contributed by atoms with Gasteiger partial charge in [0.25, 0.3) is 5.91 Å². The van der Waals surface area contributed by atoms with Gasteiger partial charge in [0.15, 0.2) is 5.13 Å². The minimum Gasteiger partial charge on any atom is -0.364 e. The summed E-state index contributed by atoms with van der Waals surface area (Å²) in [5.74, 6) is -1.14. The number of carbonyl (C=O) groups is 2. The molecule has 0 spiro atoms. The number of thiazole rings is 1. The second kappa shape index (κ2) is 8.30. The van der Waals surface area contributed by atoms with Crippen LogP contribution in [0.2, 0.25) is 0 Å². The van der Waals surface area contributed by atoms with Crippen LogP contribution in [-0.4, -0.2) is 47.2 Å². The molecule has 1 saturated heterocycles. The van der Waals surface area contributed by atoms with Gasteiger partial charge in [0.05, 0.1) is 10.2 Å². The number of nitrogens with one attached hydrogen (secondary N) is 1. The van der Waals surface area contributed by atoms with Crippen LogP contribution in [0.5, 0.6) is 0 Å². The van der Waals surface area contributed by atoms with Crippen LogP contribution in [0.25, 0.3) is 10.2 Å². The Morgan fingerprint density at radius 3 is 2.50 bits per heavy atom. The highest BCUT2D eigenvalue weighted by Gasteiger charge is 2.33. The number of nitrogens with zero attached hydrogens (tertiary/aromatic N) is 3. The maximum absolute atomic E-state index is 13.0. The number of nitrogens with two attached hydrogens (primary N) is 1. The van der Waals surface area contributed by atoms with Gasteiger partial charge in [-0.15, -0.1) is 0 Å². The lowest BCUT2D eigenvalue weighted by atomic mass is 9.97. The summed E-state index contributed by atoms with van der Waals surface area (Å²) in [5, 5.41) is 3.45. The molecule has 3 N–H and O–H groups in total. The molecule has 0 saturated carbocycles. The maximum Gasteiger partial charge on any atom is 0.265 e. The summed E-state index contributed by atoms with van der Waals surface area (Å²) in [7, 11) is -2.20. The number of primary amides is 1. The zero-order valence-electron chi connectivity index (χ0n) is 18.1. The minimum atomic E-state index is -3.77. The van der Waals surface area contributed by atoms with Crippen molar-refractivity contribution in [3.8, 4) is 0 Å². The van der Waals surface area contributed by atoms with Crippen LogP contribution in [-0.2, 0) is 21.9 Å². The van der Waals surface area contributed by atoms with E-state index < -0.39 is 15.9 Å². The van der Waals surface area contributed by atoms with E-state index in [0.717, 1.165) is 21.3 Å². The highest BCUT2D eigenvalue weighted by atomic mass is 32.2. The molecule has 11 heteroatoms. The van der Waals surface area contributed by atoms with Crippen LogP contribution in [0.3, 0.4) is 0 Å². The van der Waals surface area contributed by atoms with E-state index in [-0.39, 0.29) is 35.5 Å². The summed E-state index contributed by atoms with van der Waals surface area (Å²) in [6.07, 6.45) is 2.19. The Morgan fingerprint density at radius 2 is 1.88 bits per heavy atom. The Labute approximate surface area is 190 Å². The lowest BCUT2D eigenvalue weighted by Gasteiger charge is -2.30. The molecule has 4 rings (SSSR count). The molecular formula is C21H25N5O4S2. The molecule has 1 aliphatic heterocycles. The van der Waals surface area contributed by atoms with Gasteiger partial charge >= 0.3 is 0 Å². The molecule has 32 heavy (non-hydrogen) atoms. The SMILES string of the molecule is Cc1cc(C)c2nc(NC(=O)C3CCN(S(=O)(=O)c4cc(C(N)=O)n(C)c4)CC3)sc2c1. The number of benzene rings is 1. The van der Waals surface area contributed by atoms with Gasteiger partial charge in [-0.2, -0.15) is 4.31 Å². The van der Waals surface area contributed by atoms with Crippen molar-refractivity contribution >= 4 is 48.5 Å². The first-order valence-corrected chi connectivity index (χ1v) is 12.5.